The van der Waals surface area contributed by atoms with Gasteiger partial charge in [-0.1, -0.05) is 24.3 Å². The molecule has 0 fully saturated rings. The first-order valence-corrected chi connectivity index (χ1v) is 6.87. The number of hydrogen-bond donors (Lipinski definition) is 1. The number of aromatic carboxylic acids is 1. The molecule has 0 aliphatic heterocycles. The molecule has 0 unspecified atom stereocenters. The second-order valence-corrected chi connectivity index (χ2v) is 5.33. The van der Waals surface area contributed by atoms with E-state index in [1.807, 2.05) is 37.1 Å². The van der Waals surface area contributed by atoms with Crippen LogP contribution >= 0.6 is 0 Å². The van der Waals surface area contributed by atoms with Crippen molar-refractivity contribution >= 4 is 11.7 Å². The van der Waals surface area contributed by atoms with E-state index in [9.17, 15) is 9.90 Å². The molecule has 0 radical (unpaired) electrons. The number of benzene rings is 1. The SMILES string of the molecule is Cc1cc(N(C)Cc2ccccc2C)c(C(=O)O)c(C)n1. The van der Waals surface area contributed by atoms with Crippen molar-refractivity contribution in [2.45, 2.75) is 27.3 Å². The molecule has 1 aromatic carbocycles. The van der Waals surface area contributed by atoms with Gasteiger partial charge in [-0.3, -0.25) is 4.98 Å². The average molecular weight is 284 g/mol. The molecular weight excluding hydrogens is 264 g/mol. The summed E-state index contributed by atoms with van der Waals surface area (Å²) in [7, 11) is 1.91. The van der Waals surface area contributed by atoms with Gasteiger partial charge >= 0.3 is 5.97 Å². The van der Waals surface area contributed by atoms with Gasteiger partial charge in [0.15, 0.2) is 0 Å². The van der Waals surface area contributed by atoms with Crippen molar-refractivity contribution in [1.29, 1.82) is 0 Å². The minimum Gasteiger partial charge on any atom is -0.478 e. The van der Waals surface area contributed by atoms with Gasteiger partial charge in [-0.25, -0.2) is 4.79 Å². The van der Waals surface area contributed by atoms with Crippen molar-refractivity contribution in [1.82, 2.24) is 4.98 Å². The Bertz CT molecular complexity index is 680. The molecule has 1 aromatic heterocycles. The van der Waals surface area contributed by atoms with Crippen LogP contribution in [0.1, 0.15) is 32.9 Å². The first-order valence-electron chi connectivity index (χ1n) is 6.87. The third-order valence-electron chi connectivity index (χ3n) is 3.60. The standard InChI is InChI=1S/C17H20N2O2/c1-11-7-5-6-8-14(11)10-19(4)15-9-12(2)18-13(3)16(15)17(20)21/h5-9H,10H2,1-4H3,(H,20,21). The largest absolute Gasteiger partial charge is 0.478 e. The molecule has 2 rings (SSSR count). The fourth-order valence-electron chi connectivity index (χ4n) is 2.50. The van der Waals surface area contributed by atoms with Crippen molar-refractivity contribution < 1.29 is 9.90 Å². The molecule has 110 valence electrons. The minimum atomic E-state index is -0.938. The lowest BCUT2D eigenvalue weighted by molar-refractivity contribution is 0.0696. The van der Waals surface area contributed by atoms with Gasteiger partial charge in [-0.2, -0.15) is 0 Å². The summed E-state index contributed by atoms with van der Waals surface area (Å²) in [6.45, 7) is 6.34. The highest BCUT2D eigenvalue weighted by Crippen LogP contribution is 2.25. The number of carboxylic acids is 1. The van der Waals surface area contributed by atoms with Crippen LogP contribution in [0.5, 0.6) is 0 Å². The summed E-state index contributed by atoms with van der Waals surface area (Å²) in [4.78, 5) is 17.7. The number of anilines is 1. The molecule has 0 saturated heterocycles. The quantitative estimate of drug-likeness (QED) is 0.935. The van der Waals surface area contributed by atoms with Crippen LogP contribution in [0.3, 0.4) is 0 Å². The summed E-state index contributed by atoms with van der Waals surface area (Å²) in [5, 5.41) is 9.44. The second-order valence-electron chi connectivity index (χ2n) is 5.33. The molecule has 0 atom stereocenters. The summed E-state index contributed by atoms with van der Waals surface area (Å²) in [5.41, 5.74) is 4.73. The Kier molecular flexibility index (Phi) is 4.26. The van der Waals surface area contributed by atoms with E-state index in [-0.39, 0.29) is 5.56 Å². The van der Waals surface area contributed by atoms with Gasteiger partial charge < -0.3 is 10.0 Å². The van der Waals surface area contributed by atoms with Crippen molar-refractivity contribution in [2.24, 2.45) is 0 Å². The molecule has 0 bridgehead atoms. The van der Waals surface area contributed by atoms with E-state index in [4.69, 9.17) is 0 Å². The zero-order valence-corrected chi connectivity index (χ0v) is 12.8. The Labute approximate surface area is 125 Å². The maximum absolute atomic E-state index is 11.5. The molecule has 0 amide bonds. The Morgan fingerprint density at radius 2 is 1.90 bits per heavy atom. The summed E-state index contributed by atoms with van der Waals surface area (Å²) in [6.07, 6.45) is 0. The van der Waals surface area contributed by atoms with Crippen LogP contribution in [0.2, 0.25) is 0 Å². The van der Waals surface area contributed by atoms with Gasteiger partial charge in [0, 0.05) is 19.3 Å². The third-order valence-corrected chi connectivity index (χ3v) is 3.60. The average Bonchev–Trinajstić information content (AvgIpc) is 2.39. The van der Waals surface area contributed by atoms with Crippen LogP contribution < -0.4 is 4.90 Å². The predicted octanol–water partition coefficient (Wildman–Crippen LogP) is 3.34. The van der Waals surface area contributed by atoms with Crippen LogP contribution in [0.15, 0.2) is 30.3 Å². The number of nitrogens with zero attached hydrogens (tertiary/aromatic N) is 2. The van der Waals surface area contributed by atoms with Gasteiger partial charge in [-0.05, 0) is 38.0 Å². The van der Waals surface area contributed by atoms with Crippen LogP contribution in [-0.4, -0.2) is 23.1 Å². The summed E-state index contributed by atoms with van der Waals surface area (Å²) < 4.78 is 0. The number of aryl methyl sites for hydroxylation is 3. The van der Waals surface area contributed by atoms with Crippen molar-refractivity contribution in [3.05, 3.63) is 58.4 Å². The second kappa shape index (κ2) is 5.95. The Hall–Kier alpha value is -2.36. The third kappa shape index (κ3) is 3.21. The van der Waals surface area contributed by atoms with Gasteiger partial charge in [0.1, 0.15) is 5.56 Å². The number of pyridine rings is 1. The molecule has 1 N–H and O–H groups in total. The summed E-state index contributed by atoms with van der Waals surface area (Å²) in [5.74, 6) is -0.938. The van der Waals surface area contributed by atoms with Gasteiger partial charge in [0.05, 0.1) is 11.4 Å². The summed E-state index contributed by atoms with van der Waals surface area (Å²) in [6, 6.07) is 9.95. The smallest absolute Gasteiger partial charge is 0.339 e. The molecule has 21 heavy (non-hydrogen) atoms. The Morgan fingerprint density at radius 3 is 2.52 bits per heavy atom. The van der Waals surface area contributed by atoms with Gasteiger partial charge in [-0.15, -0.1) is 0 Å². The highest BCUT2D eigenvalue weighted by molar-refractivity contribution is 5.95. The van der Waals surface area contributed by atoms with Crippen LogP contribution in [0.4, 0.5) is 5.69 Å². The van der Waals surface area contributed by atoms with Crippen LogP contribution in [0.25, 0.3) is 0 Å². The lowest BCUT2D eigenvalue weighted by atomic mass is 10.1. The molecular formula is C17H20N2O2. The first-order chi connectivity index (χ1) is 9.90. The van der Waals surface area contributed by atoms with E-state index >= 15 is 0 Å². The van der Waals surface area contributed by atoms with Gasteiger partial charge in [0.25, 0.3) is 0 Å². The molecule has 0 aliphatic rings. The fourth-order valence-corrected chi connectivity index (χ4v) is 2.50. The molecule has 1 heterocycles. The molecule has 2 aromatic rings. The number of carboxylic acid groups (broad SMARTS) is 1. The topological polar surface area (TPSA) is 53.4 Å². The maximum atomic E-state index is 11.5. The molecule has 4 heteroatoms. The normalized spacial score (nSPS) is 10.5. The molecule has 0 aliphatic carbocycles. The monoisotopic (exact) mass is 284 g/mol. The van der Waals surface area contributed by atoms with E-state index < -0.39 is 5.97 Å². The number of aromatic nitrogens is 1. The maximum Gasteiger partial charge on any atom is 0.339 e. The Balaban J connectivity index is 2.41. The van der Waals surface area contributed by atoms with E-state index in [0.717, 1.165) is 5.69 Å². The van der Waals surface area contributed by atoms with Crippen molar-refractivity contribution in [3.8, 4) is 0 Å². The zero-order chi connectivity index (χ0) is 15.6. The van der Waals surface area contributed by atoms with E-state index in [0.29, 0.717) is 17.9 Å². The molecule has 0 spiro atoms. The van der Waals surface area contributed by atoms with E-state index in [1.54, 1.807) is 6.92 Å². The summed E-state index contributed by atoms with van der Waals surface area (Å²) >= 11 is 0. The van der Waals surface area contributed by atoms with Crippen LogP contribution in [0, 0.1) is 20.8 Å². The fraction of sp³-hybridized carbons (Fsp3) is 0.294. The first kappa shape index (κ1) is 15.0. The van der Waals surface area contributed by atoms with Crippen LogP contribution in [-0.2, 0) is 6.54 Å². The lowest BCUT2D eigenvalue weighted by Gasteiger charge is -2.23. The van der Waals surface area contributed by atoms with E-state index in [1.165, 1.54) is 11.1 Å². The predicted molar refractivity (Wildman–Crippen MR) is 84.0 cm³/mol. The highest BCUT2D eigenvalue weighted by atomic mass is 16.4. The number of rotatable bonds is 4. The highest BCUT2D eigenvalue weighted by Gasteiger charge is 2.18. The lowest BCUT2D eigenvalue weighted by Crippen LogP contribution is -2.21. The minimum absolute atomic E-state index is 0.275. The molecule has 0 saturated carbocycles. The van der Waals surface area contributed by atoms with Crippen molar-refractivity contribution in [2.75, 3.05) is 11.9 Å². The number of hydrogen-bond acceptors (Lipinski definition) is 3. The van der Waals surface area contributed by atoms with Gasteiger partial charge in [0.2, 0.25) is 0 Å². The number of carbonyl (C=O) groups is 1. The Morgan fingerprint density at radius 1 is 1.24 bits per heavy atom. The van der Waals surface area contributed by atoms with E-state index in [2.05, 4.69) is 24.0 Å². The van der Waals surface area contributed by atoms with Crippen molar-refractivity contribution in [3.63, 3.8) is 0 Å². The molecule has 4 nitrogen and oxygen atoms in total. The zero-order valence-electron chi connectivity index (χ0n) is 12.8.